The Balaban J connectivity index is 2.05. The molecule has 0 aliphatic carbocycles. The Bertz CT molecular complexity index is 450. The molecule has 1 N–H and O–H groups in total. The van der Waals surface area contributed by atoms with Gasteiger partial charge in [-0.2, -0.15) is 4.98 Å². The first-order chi connectivity index (χ1) is 7.81. The molecule has 7 heteroatoms. The van der Waals surface area contributed by atoms with Crippen LogP contribution in [0.2, 0.25) is 0 Å². The Morgan fingerprint density at radius 3 is 3.12 bits per heavy atom. The number of nitrogens with one attached hydrogen (secondary N) is 1. The highest BCUT2D eigenvalue weighted by molar-refractivity contribution is 5.49. The molecule has 0 spiro atoms. The zero-order chi connectivity index (χ0) is 11.4. The van der Waals surface area contributed by atoms with Crippen molar-refractivity contribution < 1.29 is 9.26 Å². The number of aryl methyl sites for hydroxylation is 1. The molecule has 0 aliphatic heterocycles. The fourth-order valence-electron chi connectivity index (χ4n) is 1.23. The Morgan fingerprint density at radius 1 is 1.56 bits per heavy atom. The average Bonchev–Trinajstić information content (AvgIpc) is 2.87. The van der Waals surface area contributed by atoms with Crippen molar-refractivity contribution in [1.29, 1.82) is 0 Å². The van der Waals surface area contributed by atoms with Crippen molar-refractivity contribution in [2.75, 3.05) is 25.6 Å². The molecule has 0 aliphatic rings. The van der Waals surface area contributed by atoms with Gasteiger partial charge in [0.1, 0.15) is 5.69 Å². The molecule has 0 saturated carbocycles. The molecule has 2 aromatic heterocycles. The van der Waals surface area contributed by atoms with Crippen LogP contribution in [0.1, 0.15) is 0 Å². The van der Waals surface area contributed by atoms with Crippen molar-refractivity contribution in [2.24, 2.45) is 7.05 Å². The monoisotopic (exact) mass is 223 g/mol. The molecule has 2 aromatic rings. The number of aromatic nitrogens is 4. The third-order valence-corrected chi connectivity index (χ3v) is 2.05. The van der Waals surface area contributed by atoms with E-state index in [1.54, 1.807) is 19.6 Å². The number of anilines is 1. The second kappa shape index (κ2) is 4.75. The Labute approximate surface area is 92.4 Å². The number of hydrogen-bond acceptors (Lipinski definition) is 6. The lowest BCUT2D eigenvalue weighted by molar-refractivity contribution is 0.210. The maximum atomic E-state index is 5.02. The summed E-state index contributed by atoms with van der Waals surface area (Å²) in [5.41, 5.74) is 0.809. The van der Waals surface area contributed by atoms with E-state index in [9.17, 15) is 0 Å². The summed E-state index contributed by atoms with van der Waals surface area (Å²) in [4.78, 5) is 8.16. The van der Waals surface area contributed by atoms with Gasteiger partial charge < -0.3 is 19.1 Å². The molecular weight excluding hydrogens is 210 g/mol. The first-order valence-corrected chi connectivity index (χ1v) is 4.84. The molecule has 0 atom stereocenters. The molecule has 0 aromatic carbocycles. The number of methoxy groups -OCH3 is 1. The first kappa shape index (κ1) is 10.6. The fourth-order valence-corrected chi connectivity index (χ4v) is 1.23. The van der Waals surface area contributed by atoms with E-state index >= 15 is 0 Å². The summed E-state index contributed by atoms with van der Waals surface area (Å²) < 4.78 is 11.7. The van der Waals surface area contributed by atoms with Crippen LogP contribution in [0.5, 0.6) is 0 Å². The zero-order valence-corrected chi connectivity index (χ0v) is 9.17. The van der Waals surface area contributed by atoms with Crippen molar-refractivity contribution in [3.63, 3.8) is 0 Å². The van der Waals surface area contributed by atoms with Gasteiger partial charge in [0.25, 0.3) is 0 Å². The van der Waals surface area contributed by atoms with Gasteiger partial charge in [-0.05, 0) is 0 Å². The van der Waals surface area contributed by atoms with Crippen LogP contribution in [0.25, 0.3) is 11.5 Å². The van der Waals surface area contributed by atoms with Gasteiger partial charge in [-0.25, -0.2) is 4.98 Å². The standard InChI is InChI=1S/C9H13N5O2/c1-14-6-10-5-7(14)8-12-9(16-13-8)11-3-4-15-2/h5-6H,3-4H2,1-2H3,(H,11,12,13). The van der Waals surface area contributed by atoms with Gasteiger partial charge in [-0.3, -0.25) is 0 Å². The number of ether oxygens (including phenoxy) is 1. The average molecular weight is 223 g/mol. The largest absolute Gasteiger partial charge is 0.383 e. The third-order valence-electron chi connectivity index (χ3n) is 2.05. The maximum Gasteiger partial charge on any atom is 0.321 e. The van der Waals surface area contributed by atoms with E-state index in [1.807, 2.05) is 11.6 Å². The quantitative estimate of drug-likeness (QED) is 0.745. The topological polar surface area (TPSA) is 78.0 Å². The van der Waals surface area contributed by atoms with E-state index in [1.165, 1.54) is 0 Å². The highest BCUT2D eigenvalue weighted by Gasteiger charge is 2.10. The van der Waals surface area contributed by atoms with E-state index in [-0.39, 0.29) is 0 Å². The molecule has 2 heterocycles. The van der Waals surface area contributed by atoms with E-state index in [4.69, 9.17) is 9.26 Å². The fraction of sp³-hybridized carbons (Fsp3) is 0.444. The summed E-state index contributed by atoms with van der Waals surface area (Å²) in [6, 6.07) is 0.383. The second-order valence-electron chi connectivity index (χ2n) is 3.23. The van der Waals surface area contributed by atoms with Crippen molar-refractivity contribution in [3.8, 4) is 11.5 Å². The Hall–Kier alpha value is -1.89. The molecule has 0 radical (unpaired) electrons. The number of hydrogen-bond donors (Lipinski definition) is 1. The summed E-state index contributed by atoms with van der Waals surface area (Å²) in [5.74, 6) is 0.514. The molecule has 0 bridgehead atoms. The SMILES string of the molecule is COCCNc1nc(-c2cncn2C)no1. The number of nitrogens with zero attached hydrogens (tertiary/aromatic N) is 4. The van der Waals surface area contributed by atoms with Gasteiger partial charge in [-0.15, -0.1) is 0 Å². The van der Waals surface area contributed by atoms with Crippen molar-refractivity contribution in [2.45, 2.75) is 0 Å². The maximum absolute atomic E-state index is 5.02. The van der Waals surface area contributed by atoms with Gasteiger partial charge in [0.15, 0.2) is 0 Å². The summed E-state index contributed by atoms with van der Waals surface area (Å²) >= 11 is 0. The molecule has 0 saturated heterocycles. The lowest BCUT2D eigenvalue weighted by atomic mass is 10.4. The number of rotatable bonds is 5. The van der Waals surface area contributed by atoms with Crippen LogP contribution >= 0.6 is 0 Å². The van der Waals surface area contributed by atoms with Crippen LogP contribution in [-0.2, 0) is 11.8 Å². The highest BCUT2D eigenvalue weighted by atomic mass is 16.5. The van der Waals surface area contributed by atoms with Crippen molar-refractivity contribution in [3.05, 3.63) is 12.5 Å². The van der Waals surface area contributed by atoms with E-state index in [2.05, 4.69) is 20.4 Å². The molecule has 7 nitrogen and oxygen atoms in total. The van der Waals surface area contributed by atoms with Gasteiger partial charge in [0.2, 0.25) is 5.82 Å². The lowest BCUT2D eigenvalue weighted by Crippen LogP contribution is -2.07. The van der Waals surface area contributed by atoms with Crippen LogP contribution in [0.3, 0.4) is 0 Å². The Morgan fingerprint density at radius 2 is 2.44 bits per heavy atom. The summed E-state index contributed by atoms with van der Waals surface area (Å²) in [6.45, 7) is 1.22. The minimum absolute atomic E-state index is 0.383. The molecule has 2 rings (SSSR count). The molecule has 86 valence electrons. The molecule has 16 heavy (non-hydrogen) atoms. The minimum Gasteiger partial charge on any atom is -0.383 e. The van der Waals surface area contributed by atoms with Gasteiger partial charge in [0.05, 0.1) is 19.1 Å². The number of imidazole rings is 1. The highest BCUT2D eigenvalue weighted by Crippen LogP contribution is 2.15. The molecule has 0 amide bonds. The van der Waals surface area contributed by atoms with Crippen molar-refractivity contribution >= 4 is 6.01 Å². The Kier molecular flexibility index (Phi) is 3.16. The summed E-state index contributed by atoms with van der Waals surface area (Å²) in [6.07, 6.45) is 3.37. The smallest absolute Gasteiger partial charge is 0.321 e. The predicted molar refractivity (Wildman–Crippen MR) is 56.9 cm³/mol. The third kappa shape index (κ3) is 2.19. The first-order valence-electron chi connectivity index (χ1n) is 4.84. The molecule has 0 unspecified atom stereocenters. The molecule has 0 fully saturated rings. The van der Waals surface area contributed by atoms with Crippen LogP contribution in [-0.4, -0.2) is 40.0 Å². The zero-order valence-electron chi connectivity index (χ0n) is 9.17. The minimum atomic E-state index is 0.383. The van der Waals surface area contributed by atoms with E-state index in [0.29, 0.717) is 25.0 Å². The second-order valence-corrected chi connectivity index (χ2v) is 3.23. The van der Waals surface area contributed by atoms with Crippen LogP contribution in [0.4, 0.5) is 6.01 Å². The van der Waals surface area contributed by atoms with Crippen LogP contribution < -0.4 is 5.32 Å². The van der Waals surface area contributed by atoms with Crippen LogP contribution in [0, 0.1) is 0 Å². The van der Waals surface area contributed by atoms with E-state index < -0.39 is 0 Å². The van der Waals surface area contributed by atoms with Gasteiger partial charge in [-0.1, -0.05) is 5.16 Å². The van der Waals surface area contributed by atoms with Crippen molar-refractivity contribution in [1.82, 2.24) is 19.7 Å². The summed E-state index contributed by atoms with van der Waals surface area (Å²) in [5, 5.41) is 6.80. The van der Waals surface area contributed by atoms with Gasteiger partial charge >= 0.3 is 6.01 Å². The predicted octanol–water partition coefficient (Wildman–Crippen LogP) is 0.528. The molecular formula is C9H13N5O2. The lowest BCUT2D eigenvalue weighted by Gasteiger charge is -1.97. The van der Waals surface area contributed by atoms with Crippen LogP contribution in [0.15, 0.2) is 17.0 Å². The van der Waals surface area contributed by atoms with Gasteiger partial charge in [0, 0.05) is 20.7 Å². The van der Waals surface area contributed by atoms with E-state index in [0.717, 1.165) is 5.69 Å². The normalized spacial score (nSPS) is 10.6. The summed E-state index contributed by atoms with van der Waals surface area (Å²) in [7, 11) is 3.51.